The molecule has 7 rings (SSSR count). The minimum absolute atomic E-state index is 0.0193. The summed E-state index contributed by atoms with van der Waals surface area (Å²) in [6.45, 7) is -0.409. The maximum Gasteiger partial charge on any atom is 0.313 e. The molecule has 2 fully saturated rings. The SMILES string of the molecule is O=C1CC/C=C\CN(c2ccccc2Cl)C(=O)[C@@H]2N([C@H](CO)c3ccccc3)C(=O)[C@H]3[C@H](C(=O)O[C@H](c4ccccc4)CN1)[C@H]1O[C@@]23C=C1Br. The molecular weight excluding hydrogens is 726 g/mol. The summed E-state index contributed by atoms with van der Waals surface area (Å²) in [6, 6.07) is 22.7. The quantitative estimate of drug-likeness (QED) is 0.276. The lowest BCUT2D eigenvalue weighted by molar-refractivity contribution is -0.160. The van der Waals surface area contributed by atoms with Crippen molar-refractivity contribution in [3.8, 4) is 0 Å². The fourth-order valence-electron chi connectivity index (χ4n) is 7.62. The van der Waals surface area contributed by atoms with Gasteiger partial charge in [-0.1, -0.05) is 112 Å². The van der Waals surface area contributed by atoms with Gasteiger partial charge in [0.15, 0.2) is 0 Å². The number of likely N-dealkylation sites (tertiary alicyclic amines) is 1. The van der Waals surface area contributed by atoms with Crippen molar-refractivity contribution in [1.82, 2.24) is 10.2 Å². The van der Waals surface area contributed by atoms with E-state index >= 15 is 4.79 Å². The number of allylic oxidation sites excluding steroid dienone is 1. The highest BCUT2D eigenvalue weighted by Crippen LogP contribution is 2.60. The van der Waals surface area contributed by atoms with Gasteiger partial charge in [-0.2, -0.15) is 0 Å². The summed E-state index contributed by atoms with van der Waals surface area (Å²) in [6.07, 6.45) is 4.11. The number of fused-ring (bicyclic) bond motifs is 2. The van der Waals surface area contributed by atoms with Crippen LogP contribution in [0.3, 0.4) is 0 Å². The summed E-state index contributed by atoms with van der Waals surface area (Å²) in [4.78, 5) is 60.2. The first kappa shape index (κ1) is 34.2. The van der Waals surface area contributed by atoms with Crippen LogP contribution < -0.4 is 10.2 Å². The molecule has 4 aliphatic heterocycles. The van der Waals surface area contributed by atoms with Crippen molar-refractivity contribution in [2.75, 3.05) is 24.6 Å². The molecule has 10 nitrogen and oxygen atoms in total. The van der Waals surface area contributed by atoms with E-state index < -0.39 is 66.1 Å². The Morgan fingerprint density at radius 3 is 2.36 bits per heavy atom. The van der Waals surface area contributed by atoms with Crippen molar-refractivity contribution in [2.24, 2.45) is 11.8 Å². The summed E-state index contributed by atoms with van der Waals surface area (Å²) in [5.74, 6) is -4.26. The Labute approximate surface area is 302 Å². The van der Waals surface area contributed by atoms with Gasteiger partial charge in [0.2, 0.25) is 11.8 Å². The number of amides is 3. The number of hydrogen-bond acceptors (Lipinski definition) is 7. The largest absolute Gasteiger partial charge is 0.455 e. The first-order chi connectivity index (χ1) is 24.2. The van der Waals surface area contributed by atoms with Gasteiger partial charge >= 0.3 is 5.97 Å². The molecule has 0 aliphatic carbocycles. The van der Waals surface area contributed by atoms with E-state index in [9.17, 15) is 19.5 Å². The Bertz CT molecular complexity index is 1860. The van der Waals surface area contributed by atoms with Crippen LogP contribution in [0, 0.1) is 11.8 Å². The van der Waals surface area contributed by atoms with Crippen molar-refractivity contribution in [2.45, 2.75) is 42.7 Å². The number of halogens is 2. The summed E-state index contributed by atoms with van der Waals surface area (Å²) in [7, 11) is 0. The number of nitrogens with one attached hydrogen (secondary N) is 1. The number of benzene rings is 3. The zero-order valence-electron chi connectivity index (χ0n) is 26.9. The normalized spacial score (nSPS) is 29.7. The minimum Gasteiger partial charge on any atom is -0.455 e. The van der Waals surface area contributed by atoms with Gasteiger partial charge in [-0.25, -0.2) is 0 Å². The number of ether oxygens (including phenoxy) is 2. The summed E-state index contributed by atoms with van der Waals surface area (Å²) in [5.41, 5.74) is 0.0984. The highest BCUT2D eigenvalue weighted by Gasteiger charge is 2.75. The molecule has 258 valence electrons. The number of para-hydroxylation sites is 1. The molecule has 0 saturated carbocycles. The molecule has 7 atom stereocenters. The second-order valence-corrected chi connectivity index (χ2v) is 14.1. The maximum absolute atomic E-state index is 15.2. The molecule has 0 radical (unpaired) electrons. The number of anilines is 1. The Kier molecular flexibility index (Phi) is 9.67. The first-order valence-corrected chi connectivity index (χ1v) is 17.7. The number of aliphatic hydroxyl groups excluding tert-OH is 1. The van der Waals surface area contributed by atoms with Crippen LogP contribution in [0.5, 0.6) is 0 Å². The van der Waals surface area contributed by atoms with E-state index in [0.29, 0.717) is 32.7 Å². The van der Waals surface area contributed by atoms with E-state index in [-0.39, 0.29) is 25.4 Å². The van der Waals surface area contributed by atoms with Gasteiger partial charge in [-0.3, -0.25) is 19.2 Å². The van der Waals surface area contributed by atoms with Crippen LogP contribution in [0.4, 0.5) is 5.69 Å². The molecular formula is C38H35BrClN3O7. The highest BCUT2D eigenvalue weighted by atomic mass is 79.9. The van der Waals surface area contributed by atoms with Crippen molar-refractivity contribution in [1.29, 1.82) is 0 Å². The molecule has 5 bridgehead atoms. The molecule has 0 unspecified atom stereocenters. The number of carbonyl (C=O) groups is 4. The molecule has 3 amide bonds. The van der Waals surface area contributed by atoms with Crippen LogP contribution in [0.15, 0.2) is 108 Å². The smallest absolute Gasteiger partial charge is 0.313 e. The molecule has 4 heterocycles. The van der Waals surface area contributed by atoms with Crippen LogP contribution in [0.25, 0.3) is 0 Å². The van der Waals surface area contributed by atoms with Crippen LogP contribution in [-0.2, 0) is 28.7 Å². The number of carbonyl (C=O) groups excluding carboxylic acids is 4. The summed E-state index contributed by atoms with van der Waals surface area (Å²) in [5, 5.41) is 14.1. The van der Waals surface area contributed by atoms with Gasteiger partial charge in [-0.15, -0.1) is 0 Å². The van der Waals surface area contributed by atoms with E-state index in [1.807, 2.05) is 30.3 Å². The van der Waals surface area contributed by atoms with Crippen LogP contribution >= 0.6 is 27.5 Å². The van der Waals surface area contributed by atoms with Crippen LogP contribution in [-0.4, -0.2) is 71.1 Å². The van der Waals surface area contributed by atoms with Crippen molar-refractivity contribution in [3.63, 3.8) is 0 Å². The average Bonchev–Trinajstić information content (AvgIpc) is 3.72. The zero-order chi connectivity index (χ0) is 35.0. The third-order valence-corrected chi connectivity index (χ3v) is 10.9. The molecule has 2 N–H and O–H groups in total. The molecule has 50 heavy (non-hydrogen) atoms. The van der Waals surface area contributed by atoms with Crippen molar-refractivity contribution >= 4 is 56.9 Å². The lowest BCUT2D eigenvalue weighted by Gasteiger charge is -2.39. The lowest BCUT2D eigenvalue weighted by Crippen LogP contribution is -2.57. The third-order valence-electron chi connectivity index (χ3n) is 9.88. The van der Waals surface area contributed by atoms with Gasteiger partial charge < -0.3 is 29.7 Å². The standard InChI is InChI=1S/C38H35BrClN3O7/c39-25-20-38-32-31(33(25)50-38)37(48)49-29(24-14-6-2-7-15-24)21-41-30(45)18-8-3-11-19-42(27-17-10-9-16-26(27)40)36(47)34(38)43(35(32)46)28(22-44)23-12-4-1-5-13-23/h1-7,9-17,20,28-29,31-34,44H,8,18-19,21-22H2,(H,41,45)/b11-3-/t28-,29+,31+,32-,33+,34+,38-/m1/s1. The van der Waals surface area contributed by atoms with Crippen LogP contribution in [0.1, 0.15) is 36.1 Å². The summed E-state index contributed by atoms with van der Waals surface area (Å²) < 4.78 is 13.3. The van der Waals surface area contributed by atoms with E-state index in [4.69, 9.17) is 21.1 Å². The van der Waals surface area contributed by atoms with Crippen LogP contribution in [0.2, 0.25) is 5.02 Å². The second kappa shape index (κ2) is 14.1. The number of nitrogens with zero attached hydrogens (tertiary/aromatic N) is 2. The number of cyclic esters (lactones) is 1. The van der Waals surface area contributed by atoms with E-state index in [1.54, 1.807) is 72.8 Å². The molecule has 2 saturated heterocycles. The zero-order valence-corrected chi connectivity index (χ0v) is 29.2. The van der Waals surface area contributed by atoms with Gasteiger partial charge in [0.1, 0.15) is 29.8 Å². The molecule has 3 aromatic carbocycles. The summed E-state index contributed by atoms with van der Waals surface area (Å²) >= 11 is 10.3. The lowest BCUT2D eigenvalue weighted by atomic mass is 9.74. The number of aliphatic hydroxyl groups is 1. The maximum atomic E-state index is 15.2. The Morgan fingerprint density at radius 2 is 1.64 bits per heavy atom. The van der Waals surface area contributed by atoms with Gasteiger partial charge in [0.05, 0.1) is 35.8 Å². The predicted octanol–water partition coefficient (Wildman–Crippen LogP) is 5.03. The van der Waals surface area contributed by atoms with Crippen molar-refractivity contribution in [3.05, 3.63) is 124 Å². The molecule has 3 aromatic rings. The molecule has 1 spiro atoms. The fraction of sp³-hybridized carbons (Fsp3) is 0.316. The molecule has 0 aromatic heterocycles. The van der Waals surface area contributed by atoms with E-state index in [2.05, 4.69) is 21.2 Å². The van der Waals surface area contributed by atoms with Crippen molar-refractivity contribution < 1.29 is 33.8 Å². The van der Waals surface area contributed by atoms with E-state index in [0.717, 1.165) is 0 Å². The number of esters is 1. The highest BCUT2D eigenvalue weighted by molar-refractivity contribution is 9.11. The minimum atomic E-state index is -1.59. The second-order valence-electron chi connectivity index (χ2n) is 12.7. The Morgan fingerprint density at radius 1 is 0.940 bits per heavy atom. The van der Waals surface area contributed by atoms with E-state index in [1.165, 1.54) is 9.80 Å². The Balaban J connectivity index is 1.39. The monoisotopic (exact) mass is 759 g/mol. The van der Waals surface area contributed by atoms with Gasteiger partial charge in [-0.05, 0) is 35.8 Å². The van der Waals surface area contributed by atoms with Gasteiger partial charge in [0, 0.05) is 17.4 Å². The molecule has 12 heteroatoms. The number of rotatable bonds is 5. The average molecular weight is 761 g/mol. The number of hydrogen-bond donors (Lipinski definition) is 2. The Hall–Kier alpha value is -4.29. The fourth-order valence-corrected chi connectivity index (χ4v) is 8.59. The molecule has 4 aliphatic rings. The third kappa shape index (κ3) is 5.96. The predicted molar refractivity (Wildman–Crippen MR) is 189 cm³/mol. The topological polar surface area (TPSA) is 125 Å². The van der Waals surface area contributed by atoms with Gasteiger partial charge in [0.25, 0.3) is 5.91 Å². The first-order valence-electron chi connectivity index (χ1n) is 16.5.